The van der Waals surface area contributed by atoms with E-state index in [4.69, 9.17) is 16.7 Å². The molecule has 8 nitrogen and oxygen atoms in total. The van der Waals surface area contributed by atoms with Gasteiger partial charge in [0.25, 0.3) is 5.56 Å². The van der Waals surface area contributed by atoms with Gasteiger partial charge in [-0.3, -0.25) is 18.5 Å². The van der Waals surface area contributed by atoms with Crippen LogP contribution < -0.4 is 16.3 Å². The largest absolute Gasteiger partial charge is 0.332 e. The van der Waals surface area contributed by atoms with Crippen molar-refractivity contribution in [2.75, 3.05) is 11.6 Å². The first kappa shape index (κ1) is 21.2. The average molecular weight is 463 g/mol. The maximum Gasteiger partial charge on any atom is 0.332 e. The number of imidazole rings is 1. The monoisotopic (exact) mass is 462 g/mol. The quantitative estimate of drug-likeness (QED) is 0.457. The van der Waals surface area contributed by atoms with Gasteiger partial charge in [0.15, 0.2) is 11.2 Å². The minimum absolute atomic E-state index is 0.360. The molecule has 0 bridgehead atoms. The molecule has 0 atom stereocenters. The molecular formula is C24H23ClN6O2. The van der Waals surface area contributed by atoms with Crippen LogP contribution in [0.4, 0.5) is 5.95 Å². The van der Waals surface area contributed by atoms with Crippen LogP contribution in [0.3, 0.4) is 0 Å². The van der Waals surface area contributed by atoms with Gasteiger partial charge in [-0.05, 0) is 36.1 Å². The standard InChI is InChI=1S/C24H23ClN6O2/c1-28-21-20(22(32)29(2)24(28)33)30-15-19(17-10-12-18(25)13-11-17)27-31(23(30)26-21)14-6-9-16-7-4-3-5-8-16/h3-5,7-8,10-13H,6,9,14-15H2,1-2H3. The van der Waals surface area contributed by atoms with Crippen LogP contribution in [0.2, 0.25) is 5.02 Å². The third kappa shape index (κ3) is 3.76. The maximum atomic E-state index is 13.0. The summed E-state index contributed by atoms with van der Waals surface area (Å²) >= 11 is 6.08. The predicted molar refractivity (Wildman–Crippen MR) is 130 cm³/mol. The molecule has 5 rings (SSSR count). The van der Waals surface area contributed by atoms with Gasteiger partial charge in [0.05, 0.1) is 12.3 Å². The Hall–Kier alpha value is -3.65. The molecular weight excluding hydrogens is 440 g/mol. The van der Waals surface area contributed by atoms with E-state index in [0.717, 1.165) is 28.7 Å². The molecule has 2 aromatic heterocycles. The number of rotatable bonds is 5. The number of hydrogen-bond donors (Lipinski definition) is 0. The normalized spacial score (nSPS) is 13.3. The number of aryl methyl sites for hydroxylation is 2. The first-order valence-corrected chi connectivity index (χ1v) is 11.1. The summed E-state index contributed by atoms with van der Waals surface area (Å²) in [6.45, 7) is 0.986. The molecule has 1 aliphatic heterocycles. The maximum absolute atomic E-state index is 13.0. The third-order valence-corrected chi connectivity index (χ3v) is 6.22. The molecule has 0 spiro atoms. The van der Waals surface area contributed by atoms with Crippen LogP contribution in [0.5, 0.6) is 0 Å². The number of nitrogens with zero attached hydrogens (tertiary/aromatic N) is 6. The van der Waals surface area contributed by atoms with Gasteiger partial charge in [0.1, 0.15) is 0 Å². The molecule has 0 radical (unpaired) electrons. The highest BCUT2D eigenvalue weighted by atomic mass is 35.5. The molecule has 2 aromatic carbocycles. The van der Waals surface area contributed by atoms with Crippen LogP contribution in [0.15, 0.2) is 69.3 Å². The molecule has 0 saturated heterocycles. The summed E-state index contributed by atoms with van der Waals surface area (Å²) in [4.78, 5) is 30.2. The molecule has 0 fully saturated rings. The third-order valence-electron chi connectivity index (χ3n) is 5.96. The predicted octanol–water partition coefficient (Wildman–Crippen LogP) is 2.94. The van der Waals surface area contributed by atoms with Gasteiger partial charge in [-0.1, -0.05) is 54.1 Å². The SMILES string of the molecule is Cn1c(=O)c2c(nc3n2CC(c2ccc(Cl)cc2)=NN3CCCc2ccccc2)n(C)c1=O. The smallest absolute Gasteiger partial charge is 0.297 e. The van der Waals surface area contributed by atoms with Crippen molar-refractivity contribution in [1.29, 1.82) is 0 Å². The van der Waals surface area contributed by atoms with Crippen molar-refractivity contribution in [3.05, 3.63) is 91.6 Å². The molecule has 0 amide bonds. The Labute approximate surface area is 195 Å². The lowest BCUT2D eigenvalue weighted by Gasteiger charge is -2.26. The lowest BCUT2D eigenvalue weighted by molar-refractivity contribution is 0.683. The van der Waals surface area contributed by atoms with E-state index in [1.54, 1.807) is 7.05 Å². The summed E-state index contributed by atoms with van der Waals surface area (Å²) in [6.07, 6.45) is 1.74. The highest BCUT2D eigenvalue weighted by Gasteiger charge is 2.27. The van der Waals surface area contributed by atoms with Crippen molar-refractivity contribution in [1.82, 2.24) is 18.7 Å². The molecule has 0 unspecified atom stereocenters. The number of anilines is 1. The van der Waals surface area contributed by atoms with Gasteiger partial charge in [0.2, 0.25) is 5.95 Å². The number of hydrogen-bond acceptors (Lipinski definition) is 5. The topological polar surface area (TPSA) is 77.4 Å². The highest BCUT2D eigenvalue weighted by molar-refractivity contribution is 6.30. The van der Waals surface area contributed by atoms with Crippen molar-refractivity contribution in [3.8, 4) is 0 Å². The number of halogens is 1. The second-order valence-electron chi connectivity index (χ2n) is 8.14. The van der Waals surface area contributed by atoms with E-state index in [2.05, 4.69) is 17.1 Å². The summed E-state index contributed by atoms with van der Waals surface area (Å²) in [5.41, 5.74) is 2.95. The van der Waals surface area contributed by atoms with Crippen LogP contribution in [-0.4, -0.2) is 30.9 Å². The van der Waals surface area contributed by atoms with Crippen molar-refractivity contribution in [2.24, 2.45) is 19.2 Å². The van der Waals surface area contributed by atoms with Crippen molar-refractivity contribution in [2.45, 2.75) is 19.4 Å². The van der Waals surface area contributed by atoms with E-state index < -0.39 is 5.69 Å². The molecule has 1 aliphatic rings. The molecule has 9 heteroatoms. The molecule has 33 heavy (non-hydrogen) atoms. The van der Waals surface area contributed by atoms with Crippen molar-refractivity contribution < 1.29 is 0 Å². The Balaban J connectivity index is 1.59. The van der Waals surface area contributed by atoms with Gasteiger partial charge in [-0.15, -0.1) is 0 Å². The fourth-order valence-electron chi connectivity index (χ4n) is 4.17. The first-order valence-electron chi connectivity index (χ1n) is 10.7. The molecule has 0 aliphatic carbocycles. The Morgan fingerprint density at radius 1 is 0.970 bits per heavy atom. The second kappa shape index (κ2) is 8.37. The van der Waals surface area contributed by atoms with Gasteiger partial charge in [0, 0.05) is 25.7 Å². The molecule has 4 aromatic rings. The van der Waals surface area contributed by atoms with Crippen LogP contribution in [0.1, 0.15) is 17.5 Å². The van der Waals surface area contributed by atoms with Crippen molar-refractivity contribution in [3.63, 3.8) is 0 Å². The van der Waals surface area contributed by atoms with E-state index in [9.17, 15) is 9.59 Å². The fourth-order valence-corrected chi connectivity index (χ4v) is 4.30. The zero-order valence-electron chi connectivity index (χ0n) is 18.4. The van der Waals surface area contributed by atoms with E-state index in [0.29, 0.717) is 35.2 Å². The number of fused-ring (bicyclic) bond motifs is 3. The minimum atomic E-state index is -0.405. The average Bonchev–Trinajstić information content (AvgIpc) is 3.22. The second-order valence-corrected chi connectivity index (χ2v) is 8.58. The zero-order chi connectivity index (χ0) is 23.1. The molecule has 168 valence electrons. The highest BCUT2D eigenvalue weighted by Crippen LogP contribution is 2.26. The number of aromatic nitrogens is 4. The number of hydrazone groups is 1. The zero-order valence-corrected chi connectivity index (χ0v) is 19.2. The Kier molecular flexibility index (Phi) is 5.38. The van der Waals surface area contributed by atoms with E-state index in [1.165, 1.54) is 17.2 Å². The van der Waals surface area contributed by atoms with Crippen LogP contribution in [0.25, 0.3) is 11.2 Å². The fraction of sp³-hybridized carbons (Fsp3) is 0.250. The molecule has 3 heterocycles. The van der Waals surface area contributed by atoms with Crippen LogP contribution >= 0.6 is 11.6 Å². The summed E-state index contributed by atoms with van der Waals surface area (Å²) in [5, 5.41) is 7.36. The summed E-state index contributed by atoms with van der Waals surface area (Å²) in [7, 11) is 3.11. The summed E-state index contributed by atoms with van der Waals surface area (Å²) in [6, 6.07) is 17.8. The Morgan fingerprint density at radius 3 is 2.42 bits per heavy atom. The van der Waals surface area contributed by atoms with Gasteiger partial charge in [-0.2, -0.15) is 10.1 Å². The lowest BCUT2D eigenvalue weighted by atomic mass is 10.1. The van der Waals surface area contributed by atoms with E-state index >= 15 is 0 Å². The molecule has 0 saturated carbocycles. The Bertz CT molecular complexity index is 1480. The van der Waals surface area contributed by atoms with E-state index in [-0.39, 0.29) is 5.56 Å². The van der Waals surface area contributed by atoms with Crippen LogP contribution in [-0.2, 0) is 27.1 Å². The Morgan fingerprint density at radius 2 is 1.70 bits per heavy atom. The van der Waals surface area contributed by atoms with Gasteiger partial charge < -0.3 is 0 Å². The van der Waals surface area contributed by atoms with E-state index in [1.807, 2.05) is 52.0 Å². The molecule has 0 N–H and O–H groups in total. The number of benzene rings is 2. The van der Waals surface area contributed by atoms with Crippen molar-refractivity contribution >= 4 is 34.4 Å². The summed E-state index contributed by atoms with van der Waals surface area (Å²) in [5.74, 6) is 0.564. The summed E-state index contributed by atoms with van der Waals surface area (Å²) < 4.78 is 4.38. The van der Waals surface area contributed by atoms with Crippen LogP contribution in [0, 0.1) is 0 Å². The van der Waals surface area contributed by atoms with Gasteiger partial charge >= 0.3 is 5.69 Å². The minimum Gasteiger partial charge on any atom is -0.297 e. The first-order chi connectivity index (χ1) is 15.9. The van der Waals surface area contributed by atoms with Gasteiger partial charge in [-0.25, -0.2) is 9.80 Å². The lowest BCUT2D eigenvalue weighted by Crippen LogP contribution is -2.38.